The van der Waals surface area contributed by atoms with Crippen LogP contribution in [0, 0.1) is 0 Å². The fraction of sp³-hybridized carbons (Fsp3) is 0.222. The van der Waals surface area contributed by atoms with Gasteiger partial charge in [-0.05, 0) is 43.2 Å². The van der Waals surface area contributed by atoms with Crippen molar-refractivity contribution in [2.24, 2.45) is 5.73 Å². The Hall–Kier alpha value is -2.26. The third-order valence-corrected chi connectivity index (χ3v) is 3.27. The van der Waals surface area contributed by atoms with Crippen molar-refractivity contribution < 1.29 is 4.74 Å². The van der Waals surface area contributed by atoms with Gasteiger partial charge in [-0.2, -0.15) is 0 Å². The maximum absolute atomic E-state index is 6.00. The van der Waals surface area contributed by atoms with E-state index in [2.05, 4.69) is 17.6 Å². The number of hydrogen-bond acceptors (Lipinski definition) is 2. The molecule has 0 saturated carbocycles. The minimum Gasteiger partial charge on any atom is -0.488 e. The van der Waals surface area contributed by atoms with E-state index in [1.54, 1.807) is 6.08 Å². The molecule has 0 radical (unpaired) electrons. The van der Waals surface area contributed by atoms with Crippen LogP contribution in [0.5, 0.6) is 5.75 Å². The van der Waals surface area contributed by atoms with Crippen LogP contribution in [0.4, 0.5) is 0 Å². The van der Waals surface area contributed by atoms with E-state index in [1.807, 2.05) is 43.5 Å². The molecule has 0 aliphatic rings. The van der Waals surface area contributed by atoms with Crippen LogP contribution in [-0.4, -0.2) is 18.1 Å². The Morgan fingerprint density at radius 3 is 3.00 bits per heavy atom. The van der Waals surface area contributed by atoms with Gasteiger partial charge in [0.25, 0.3) is 0 Å². The first-order valence-corrected chi connectivity index (χ1v) is 7.16. The zero-order valence-corrected chi connectivity index (χ0v) is 12.4. The number of nitrogens with one attached hydrogen (secondary N) is 1. The Morgan fingerprint density at radius 1 is 1.43 bits per heavy atom. The molecule has 0 bridgehead atoms. The minimum atomic E-state index is 0.517. The summed E-state index contributed by atoms with van der Waals surface area (Å²) in [6.45, 7) is 6.87. The van der Waals surface area contributed by atoms with Gasteiger partial charge in [-0.15, -0.1) is 0 Å². The number of ether oxygens (including phenoxy) is 1. The van der Waals surface area contributed by atoms with Crippen molar-refractivity contribution in [3.63, 3.8) is 0 Å². The summed E-state index contributed by atoms with van der Waals surface area (Å²) in [7, 11) is 0. The molecule has 3 heteroatoms. The lowest BCUT2D eigenvalue weighted by Crippen LogP contribution is -2.03. The van der Waals surface area contributed by atoms with E-state index in [1.165, 1.54) is 5.56 Å². The molecule has 0 amide bonds. The summed E-state index contributed by atoms with van der Waals surface area (Å²) in [6, 6.07) is 6.04. The molecule has 0 aliphatic heterocycles. The zero-order chi connectivity index (χ0) is 15.1. The largest absolute Gasteiger partial charge is 0.488 e. The van der Waals surface area contributed by atoms with Gasteiger partial charge in [0.15, 0.2) is 0 Å². The van der Waals surface area contributed by atoms with Crippen molar-refractivity contribution in [3.8, 4) is 5.75 Å². The lowest BCUT2D eigenvalue weighted by molar-refractivity contribution is 0.359. The second-order valence-electron chi connectivity index (χ2n) is 4.80. The number of hydrogen-bond donors (Lipinski definition) is 2. The summed E-state index contributed by atoms with van der Waals surface area (Å²) >= 11 is 0. The van der Waals surface area contributed by atoms with Crippen LogP contribution in [0.15, 0.2) is 60.9 Å². The van der Waals surface area contributed by atoms with E-state index in [4.69, 9.17) is 10.5 Å². The first-order valence-electron chi connectivity index (χ1n) is 7.16. The molecule has 21 heavy (non-hydrogen) atoms. The number of aromatic amines is 1. The van der Waals surface area contributed by atoms with Gasteiger partial charge in [0, 0.05) is 17.1 Å². The van der Waals surface area contributed by atoms with Crippen LogP contribution in [-0.2, 0) is 6.42 Å². The van der Waals surface area contributed by atoms with Gasteiger partial charge in [0.05, 0.1) is 0 Å². The predicted molar refractivity (Wildman–Crippen MR) is 89.6 cm³/mol. The zero-order valence-electron chi connectivity index (χ0n) is 12.4. The van der Waals surface area contributed by atoms with E-state index >= 15 is 0 Å². The normalized spacial score (nSPS) is 12.2. The SMILES string of the molecule is C=C/C=C(\C=C/C)COc1cccc2[nH]cc(CCN)c12. The van der Waals surface area contributed by atoms with Gasteiger partial charge >= 0.3 is 0 Å². The minimum absolute atomic E-state index is 0.517. The van der Waals surface area contributed by atoms with Crippen LogP contribution in [0.2, 0.25) is 0 Å². The van der Waals surface area contributed by atoms with Crippen LogP contribution in [0.3, 0.4) is 0 Å². The first-order chi connectivity index (χ1) is 10.3. The number of allylic oxidation sites excluding steroid dienone is 3. The molecular formula is C18H22N2O. The molecular weight excluding hydrogens is 260 g/mol. The maximum Gasteiger partial charge on any atom is 0.129 e. The molecule has 2 aromatic rings. The molecule has 3 nitrogen and oxygen atoms in total. The number of H-pyrrole nitrogens is 1. The van der Waals surface area contributed by atoms with Gasteiger partial charge in [0.1, 0.15) is 12.4 Å². The van der Waals surface area contributed by atoms with E-state index in [0.29, 0.717) is 13.2 Å². The van der Waals surface area contributed by atoms with Crippen LogP contribution in [0.25, 0.3) is 10.9 Å². The highest BCUT2D eigenvalue weighted by atomic mass is 16.5. The first kappa shape index (κ1) is 15.1. The monoisotopic (exact) mass is 282 g/mol. The van der Waals surface area contributed by atoms with Gasteiger partial charge < -0.3 is 15.5 Å². The predicted octanol–water partition coefficient (Wildman–Crippen LogP) is 3.74. The summed E-state index contributed by atoms with van der Waals surface area (Å²) in [4.78, 5) is 3.27. The van der Waals surface area contributed by atoms with Crippen molar-refractivity contribution in [2.45, 2.75) is 13.3 Å². The maximum atomic E-state index is 6.00. The van der Waals surface area contributed by atoms with Gasteiger partial charge in [0.2, 0.25) is 0 Å². The van der Waals surface area contributed by atoms with E-state index in [-0.39, 0.29) is 0 Å². The molecule has 3 N–H and O–H groups in total. The number of aromatic nitrogens is 1. The quantitative estimate of drug-likeness (QED) is 0.760. The number of nitrogens with two attached hydrogens (primary N) is 1. The summed E-state index contributed by atoms with van der Waals surface area (Å²) in [6.07, 6.45) is 10.6. The van der Waals surface area contributed by atoms with Gasteiger partial charge in [-0.1, -0.05) is 36.9 Å². The Labute approximate surface area is 125 Å². The Kier molecular flexibility index (Phi) is 5.41. The topological polar surface area (TPSA) is 51.0 Å². The molecule has 0 fully saturated rings. The van der Waals surface area contributed by atoms with Crippen molar-refractivity contribution >= 4 is 10.9 Å². The summed E-state index contributed by atoms with van der Waals surface area (Å²) < 4.78 is 6.00. The highest BCUT2D eigenvalue weighted by Crippen LogP contribution is 2.29. The standard InChI is InChI=1S/C18H22N2O/c1-3-6-14(7-4-2)13-21-17-9-5-8-16-18(17)15(10-11-19)12-20-16/h3-9,12,20H,1,10-11,13,19H2,2H3/b7-4-,14-6+. The van der Waals surface area contributed by atoms with Crippen molar-refractivity contribution in [2.75, 3.05) is 13.2 Å². The lowest BCUT2D eigenvalue weighted by atomic mass is 10.1. The van der Waals surface area contributed by atoms with Crippen molar-refractivity contribution in [1.29, 1.82) is 0 Å². The van der Waals surface area contributed by atoms with Gasteiger partial charge in [-0.3, -0.25) is 0 Å². The Balaban J connectivity index is 2.27. The second-order valence-corrected chi connectivity index (χ2v) is 4.80. The molecule has 1 heterocycles. The summed E-state index contributed by atoms with van der Waals surface area (Å²) in [5.41, 5.74) is 9.04. The highest BCUT2D eigenvalue weighted by Gasteiger charge is 2.09. The van der Waals surface area contributed by atoms with Crippen molar-refractivity contribution in [3.05, 3.63) is 66.4 Å². The number of benzene rings is 1. The fourth-order valence-electron chi connectivity index (χ4n) is 2.37. The van der Waals surface area contributed by atoms with Crippen molar-refractivity contribution in [1.82, 2.24) is 4.98 Å². The molecule has 110 valence electrons. The molecule has 1 aromatic carbocycles. The Bertz CT molecular complexity index is 665. The van der Waals surface area contributed by atoms with Crippen LogP contribution >= 0.6 is 0 Å². The van der Waals surface area contributed by atoms with E-state index in [0.717, 1.165) is 28.6 Å². The average molecular weight is 282 g/mol. The lowest BCUT2D eigenvalue weighted by Gasteiger charge is -2.09. The van der Waals surface area contributed by atoms with Gasteiger partial charge in [-0.25, -0.2) is 0 Å². The van der Waals surface area contributed by atoms with E-state index < -0.39 is 0 Å². The molecule has 0 aliphatic carbocycles. The summed E-state index contributed by atoms with van der Waals surface area (Å²) in [5, 5.41) is 1.13. The van der Waals surface area contributed by atoms with Crippen LogP contribution < -0.4 is 10.5 Å². The molecule has 0 spiro atoms. The third kappa shape index (κ3) is 3.64. The molecule has 0 unspecified atom stereocenters. The summed E-state index contributed by atoms with van der Waals surface area (Å²) in [5.74, 6) is 0.886. The molecule has 2 rings (SSSR count). The average Bonchev–Trinajstić information content (AvgIpc) is 2.90. The smallest absolute Gasteiger partial charge is 0.129 e. The van der Waals surface area contributed by atoms with E-state index in [9.17, 15) is 0 Å². The highest BCUT2D eigenvalue weighted by molar-refractivity contribution is 5.89. The molecule has 0 atom stereocenters. The molecule has 1 aromatic heterocycles. The molecule has 0 saturated heterocycles. The number of fused-ring (bicyclic) bond motifs is 1. The fourth-order valence-corrected chi connectivity index (χ4v) is 2.37. The number of rotatable bonds is 7. The van der Waals surface area contributed by atoms with Crippen LogP contribution in [0.1, 0.15) is 12.5 Å². The Morgan fingerprint density at radius 2 is 2.29 bits per heavy atom. The second kappa shape index (κ2) is 7.50. The third-order valence-electron chi connectivity index (χ3n) is 3.27.